The van der Waals surface area contributed by atoms with E-state index in [9.17, 15) is 4.79 Å². The minimum Gasteiger partial charge on any atom is -0.481 e. The predicted octanol–water partition coefficient (Wildman–Crippen LogP) is 1.58. The largest absolute Gasteiger partial charge is 0.481 e. The molecule has 0 saturated heterocycles. The summed E-state index contributed by atoms with van der Waals surface area (Å²) in [5.74, 6) is -0.0101. The first-order chi connectivity index (χ1) is 7.52. The molecule has 6 heteroatoms. The number of methoxy groups -OCH3 is 1. The minimum atomic E-state index is -0.886. The minimum absolute atomic E-state index is 0.295. The van der Waals surface area contributed by atoms with E-state index in [0.29, 0.717) is 23.7 Å². The van der Waals surface area contributed by atoms with E-state index in [-0.39, 0.29) is 0 Å². The maximum absolute atomic E-state index is 11.5. The van der Waals surface area contributed by atoms with Crippen LogP contribution in [0.3, 0.4) is 0 Å². The van der Waals surface area contributed by atoms with Gasteiger partial charge in [-0.05, 0) is 13.8 Å². The summed E-state index contributed by atoms with van der Waals surface area (Å²) in [7, 11) is 3.23. The Balaban J connectivity index is 3.07. The van der Waals surface area contributed by atoms with Gasteiger partial charge in [0.2, 0.25) is 5.88 Å². The van der Waals surface area contributed by atoms with Gasteiger partial charge in [0.05, 0.1) is 25.0 Å². The fourth-order valence-electron chi connectivity index (χ4n) is 1.52. The highest BCUT2D eigenvalue weighted by atomic mass is 35.5. The van der Waals surface area contributed by atoms with Gasteiger partial charge in [-0.2, -0.15) is 5.10 Å². The van der Waals surface area contributed by atoms with Gasteiger partial charge in [-0.15, -0.1) is 11.6 Å². The van der Waals surface area contributed by atoms with Crippen LogP contribution < -0.4 is 4.74 Å². The van der Waals surface area contributed by atoms with Crippen molar-refractivity contribution in [2.75, 3.05) is 13.7 Å². The molecule has 0 fully saturated rings. The van der Waals surface area contributed by atoms with Crippen molar-refractivity contribution in [1.82, 2.24) is 9.78 Å². The van der Waals surface area contributed by atoms with Gasteiger partial charge in [0.1, 0.15) is 0 Å². The number of halogens is 1. The van der Waals surface area contributed by atoms with Gasteiger partial charge in [0, 0.05) is 7.05 Å². The van der Waals surface area contributed by atoms with E-state index in [1.807, 2.05) is 0 Å². The van der Waals surface area contributed by atoms with E-state index in [0.717, 1.165) is 0 Å². The summed E-state index contributed by atoms with van der Waals surface area (Å²) >= 11 is 6.03. The Morgan fingerprint density at radius 2 is 2.25 bits per heavy atom. The van der Waals surface area contributed by atoms with Gasteiger partial charge in [-0.3, -0.25) is 4.79 Å². The second kappa shape index (κ2) is 5.21. The summed E-state index contributed by atoms with van der Waals surface area (Å²) in [4.78, 5) is 11.5. The highest BCUT2D eigenvalue weighted by Crippen LogP contribution is 2.32. The lowest BCUT2D eigenvalue weighted by atomic mass is 10.2. The molecular weight excluding hydrogens is 232 g/mol. The molecule has 0 aromatic carbocycles. The monoisotopic (exact) mass is 246 g/mol. The number of aryl methyl sites for hydroxylation is 2. The van der Waals surface area contributed by atoms with Crippen molar-refractivity contribution in [2.45, 2.75) is 19.2 Å². The zero-order valence-corrected chi connectivity index (χ0v) is 10.5. The number of nitrogens with zero attached hydrogens (tertiary/aromatic N) is 2. The first kappa shape index (κ1) is 12.8. The highest BCUT2D eigenvalue weighted by molar-refractivity contribution is 6.30. The van der Waals surface area contributed by atoms with E-state index in [4.69, 9.17) is 21.1 Å². The van der Waals surface area contributed by atoms with E-state index in [2.05, 4.69) is 5.10 Å². The molecule has 1 rings (SSSR count). The third-order valence-electron chi connectivity index (χ3n) is 2.15. The lowest BCUT2D eigenvalue weighted by Gasteiger charge is -2.10. The summed E-state index contributed by atoms with van der Waals surface area (Å²) in [6.07, 6.45) is 0. The van der Waals surface area contributed by atoms with Crippen molar-refractivity contribution >= 4 is 17.6 Å². The Morgan fingerprint density at radius 1 is 1.62 bits per heavy atom. The molecule has 0 aliphatic carbocycles. The number of esters is 1. The first-order valence-corrected chi connectivity index (χ1v) is 5.34. The number of hydrogen-bond acceptors (Lipinski definition) is 4. The molecule has 5 nitrogen and oxygen atoms in total. The Kier molecular flexibility index (Phi) is 4.18. The molecule has 1 heterocycles. The molecule has 0 bridgehead atoms. The molecule has 1 atom stereocenters. The van der Waals surface area contributed by atoms with Crippen molar-refractivity contribution in [1.29, 1.82) is 0 Å². The van der Waals surface area contributed by atoms with Gasteiger partial charge >= 0.3 is 5.97 Å². The van der Waals surface area contributed by atoms with Crippen LogP contribution in [0.1, 0.15) is 23.6 Å². The highest BCUT2D eigenvalue weighted by Gasteiger charge is 2.28. The van der Waals surface area contributed by atoms with Crippen LogP contribution in [0.25, 0.3) is 0 Å². The lowest BCUT2D eigenvalue weighted by Crippen LogP contribution is -2.12. The second-order valence-electron chi connectivity index (χ2n) is 3.25. The number of carbonyl (C=O) groups is 1. The molecule has 1 aromatic rings. The average molecular weight is 247 g/mol. The molecule has 0 amide bonds. The Bertz CT molecular complexity index is 390. The van der Waals surface area contributed by atoms with Gasteiger partial charge in [-0.1, -0.05) is 0 Å². The van der Waals surface area contributed by atoms with Crippen LogP contribution in [0, 0.1) is 6.92 Å². The van der Waals surface area contributed by atoms with Crippen LogP contribution in [0.2, 0.25) is 0 Å². The molecule has 0 aliphatic rings. The molecule has 0 N–H and O–H groups in total. The van der Waals surface area contributed by atoms with Crippen LogP contribution in [-0.2, 0) is 16.6 Å². The molecule has 1 aromatic heterocycles. The number of carbonyl (C=O) groups excluding carboxylic acids is 1. The van der Waals surface area contributed by atoms with E-state index in [1.165, 1.54) is 7.11 Å². The number of ether oxygens (including phenoxy) is 2. The third-order valence-corrected chi connectivity index (χ3v) is 2.55. The van der Waals surface area contributed by atoms with Gasteiger partial charge in [-0.25, -0.2) is 4.68 Å². The Morgan fingerprint density at radius 3 is 2.75 bits per heavy atom. The molecule has 0 spiro atoms. The molecule has 90 valence electrons. The van der Waals surface area contributed by atoms with Crippen LogP contribution in [-0.4, -0.2) is 29.5 Å². The van der Waals surface area contributed by atoms with Gasteiger partial charge < -0.3 is 9.47 Å². The second-order valence-corrected chi connectivity index (χ2v) is 3.68. The number of alkyl halides is 1. The summed E-state index contributed by atoms with van der Waals surface area (Å²) < 4.78 is 11.6. The molecule has 1 unspecified atom stereocenters. The molecule has 0 aliphatic heterocycles. The normalized spacial score (nSPS) is 12.3. The van der Waals surface area contributed by atoms with Gasteiger partial charge in [0.25, 0.3) is 0 Å². The summed E-state index contributed by atoms with van der Waals surface area (Å²) in [6.45, 7) is 3.80. The standard InChI is InChI=1S/C10H15ClN2O3/c1-5-16-10(14)8(11)7-6(2)12-13(3)9(7)15-4/h8H,5H2,1-4H3. The summed E-state index contributed by atoms with van der Waals surface area (Å²) in [5.41, 5.74) is 1.22. The van der Waals surface area contributed by atoms with Crippen LogP contribution in [0.5, 0.6) is 5.88 Å². The molecule has 16 heavy (non-hydrogen) atoms. The number of hydrogen-bond donors (Lipinski definition) is 0. The van der Waals surface area contributed by atoms with Crippen LogP contribution in [0.4, 0.5) is 0 Å². The van der Waals surface area contributed by atoms with E-state index >= 15 is 0 Å². The van der Waals surface area contributed by atoms with Crippen molar-refractivity contribution in [3.63, 3.8) is 0 Å². The molecular formula is C10H15ClN2O3. The van der Waals surface area contributed by atoms with Crippen molar-refractivity contribution in [2.24, 2.45) is 7.05 Å². The SMILES string of the molecule is CCOC(=O)C(Cl)c1c(C)nn(C)c1OC. The van der Waals surface area contributed by atoms with E-state index < -0.39 is 11.3 Å². The molecule has 0 saturated carbocycles. The fourth-order valence-corrected chi connectivity index (χ4v) is 1.83. The smallest absolute Gasteiger partial charge is 0.328 e. The number of rotatable bonds is 4. The maximum atomic E-state index is 11.5. The number of aromatic nitrogens is 2. The Hall–Kier alpha value is -1.23. The van der Waals surface area contributed by atoms with Crippen LogP contribution >= 0.6 is 11.6 Å². The lowest BCUT2D eigenvalue weighted by molar-refractivity contribution is -0.142. The van der Waals surface area contributed by atoms with Crippen molar-refractivity contribution in [3.8, 4) is 5.88 Å². The predicted molar refractivity (Wildman–Crippen MR) is 59.7 cm³/mol. The zero-order chi connectivity index (χ0) is 12.3. The maximum Gasteiger partial charge on any atom is 0.328 e. The topological polar surface area (TPSA) is 53.3 Å². The van der Waals surface area contributed by atoms with Gasteiger partial charge in [0.15, 0.2) is 5.38 Å². The quantitative estimate of drug-likeness (QED) is 0.598. The molecule has 0 radical (unpaired) electrons. The average Bonchev–Trinajstić information content (AvgIpc) is 2.52. The van der Waals surface area contributed by atoms with Crippen molar-refractivity contribution < 1.29 is 14.3 Å². The van der Waals surface area contributed by atoms with Crippen LogP contribution in [0.15, 0.2) is 0 Å². The van der Waals surface area contributed by atoms with Crippen molar-refractivity contribution in [3.05, 3.63) is 11.3 Å². The van der Waals surface area contributed by atoms with E-state index in [1.54, 1.807) is 25.6 Å². The first-order valence-electron chi connectivity index (χ1n) is 4.91. The summed E-state index contributed by atoms with van der Waals surface area (Å²) in [5, 5.41) is 3.26. The summed E-state index contributed by atoms with van der Waals surface area (Å²) in [6, 6.07) is 0. The Labute approximate surface area is 99.3 Å². The third kappa shape index (κ3) is 2.29. The zero-order valence-electron chi connectivity index (χ0n) is 9.78. The fraction of sp³-hybridized carbons (Fsp3) is 0.600.